The van der Waals surface area contributed by atoms with Crippen LogP contribution in [-0.4, -0.2) is 20.4 Å². The van der Waals surface area contributed by atoms with Crippen LogP contribution in [-0.2, 0) is 21.2 Å². The first-order valence-electron chi connectivity index (χ1n) is 8.72. The van der Waals surface area contributed by atoms with Gasteiger partial charge >= 0.3 is 0 Å². The van der Waals surface area contributed by atoms with Gasteiger partial charge in [0.2, 0.25) is 15.9 Å². The van der Waals surface area contributed by atoms with Gasteiger partial charge in [-0.1, -0.05) is 54.1 Å². The van der Waals surface area contributed by atoms with Crippen LogP contribution in [0.3, 0.4) is 0 Å². The molecule has 1 atom stereocenters. The van der Waals surface area contributed by atoms with Crippen LogP contribution in [0, 0.1) is 0 Å². The molecule has 3 aromatic rings. The number of hydrogen-bond donors (Lipinski definition) is 2. The van der Waals surface area contributed by atoms with Crippen LogP contribution in [0.25, 0.3) is 0 Å². The molecule has 0 aliphatic carbocycles. The van der Waals surface area contributed by atoms with Gasteiger partial charge in [0, 0.05) is 9.50 Å². The van der Waals surface area contributed by atoms with Crippen molar-refractivity contribution in [2.75, 3.05) is 5.32 Å². The summed E-state index contributed by atoms with van der Waals surface area (Å²) in [6.07, 6.45) is 0.198. The van der Waals surface area contributed by atoms with Gasteiger partial charge in [-0.2, -0.15) is 4.72 Å². The molecule has 8 heteroatoms. The van der Waals surface area contributed by atoms with Gasteiger partial charge in [-0.25, -0.2) is 8.42 Å². The van der Waals surface area contributed by atoms with Crippen molar-refractivity contribution >= 4 is 49.1 Å². The first kappa shape index (κ1) is 21.5. The molecule has 0 aliphatic heterocycles. The van der Waals surface area contributed by atoms with E-state index in [0.717, 1.165) is 5.56 Å². The Labute approximate surface area is 183 Å². The van der Waals surface area contributed by atoms with E-state index in [1.165, 1.54) is 24.3 Å². The summed E-state index contributed by atoms with van der Waals surface area (Å²) in [4.78, 5) is 13.0. The van der Waals surface area contributed by atoms with E-state index in [9.17, 15) is 13.2 Å². The minimum Gasteiger partial charge on any atom is -0.324 e. The van der Waals surface area contributed by atoms with Gasteiger partial charge in [-0.15, -0.1) is 0 Å². The summed E-state index contributed by atoms with van der Waals surface area (Å²) in [7, 11) is -3.92. The van der Waals surface area contributed by atoms with Crippen molar-refractivity contribution in [3.63, 3.8) is 0 Å². The van der Waals surface area contributed by atoms with Gasteiger partial charge in [-0.3, -0.25) is 4.79 Å². The molecule has 3 rings (SSSR count). The highest BCUT2D eigenvalue weighted by Crippen LogP contribution is 2.22. The zero-order valence-electron chi connectivity index (χ0n) is 15.2. The normalized spacial score (nSPS) is 12.3. The number of carbonyl (C=O) groups is 1. The fraction of sp³-hybridized carbons (Fsp3) is 0.0952. The predicted octanol–water partition coefficient (Wildman–Crippen LogP) is 4.63. The largest absolute Gasteiger partial charge is 0.324 e. The summed E-state index contributed by atoms with van der Waals surface area (Å²) in [5, 5.41) is 3.21. The van der Waals surface area contributed by atoms with E-state index in [2.05, 4.69) is 26.0 Å². The van der Waals surface area contributed by atoms with E-state index < -0.39 is 22.0 Å². The minimum atomic E-state index is -3.92. The van der Waals surface area contributed by atoms with E-state index >= 15 is 0 Å². The Morgan fingerprint density at radius 1 is 0.931 bits per heavy atom. The van der Waals surface area contributed by atoms with Crippen molar-refractivity contribution in [2.45, 2.75) is 17.4 Å². The number of nitrogens with one attached hydrogen (secondary N) is 2. The van der Waals surface area contributed by atoms with Gasteiger partial charge in [-0.05, 0) is 64.3 Å². The highest BCUT2D eigenvalue weighted by atomic mass is 79.9. The van der Waals surface area contributed by atoms with Crippen LogP contribution < -0.4 is 10.0 Å². The zero-order valence-corrected chi connectivity index (χ0v) is 18.3. The lowest BCUT2D eigenvalue weighted by Gasteiger charge is -2.19. The second-order valence-electron chi connectivity index (χ2n) is 6.29. The van der Waals surface area contributed by atoms with Crippen molar-refractivity contribution in [1.29, 1.82) is 0 Å². The second-order valence-corrected chi connectivity index (χ2v) is 9.29. The van der Waals surface area contributed by atoms with Crippen LogP contribution in [0.5, 0.6) is 0 Å². The average Bonchev–Trinajstić information content (AvgIpc) is 2.70. The Morgan fingerprint density at radius 2 is 1.55 bits per heavy atom. The number of rotatable bonds is 7. The molecule has 0 bridgehead atoms. The SMILES string of the molecule is O=C(Nc1ccccc1Br)C(Cc1ccccc1)NS(=O)(=O)c1ccc(Cl)cc1. The molecule has 0 saturated carbocycles. The van der Waals surface area contributed by atoms with Gasteiger partial charge in [0.05, 0.1) is 10.6 Å². The maximum Gasteiger partial charge on any atom is 0.242 e. The van der Waals surface area contributed by atoms with Crippen LogP contribution >= 0.6 is 27.5 Å². The van der Waals surface area contributed by atoms with Crippen molar-refractivity contribution in [1.82, 2.24) is 4.72 Å². The molecule has 0 radical (unpaired) electrons. The molecule has 0 aliphatic rings. The maximum absolute atomic E-state index is 13.0. The van der Waals surface area contributed by atoms with E-state index in [1.54, 1.807) is 18.2 Å². The highest BCUT2D eigenvalue weighted by molar-refractivity contribution is 9.10. The lowest BCUT2D eigenvalue weighted by molar-refractivity contribution is -0.117. The van der Waals surface area contributed by atoms with Gasteiger partial charge in [0.1, 0.15) is 6.04 Å². The summed E-state index contributed by atoms with van der Waals surface area (Å²) in [6.45, 7) is 0. The minimum absolute atomic E-state index is 0.0358. The Balaban J connectivity index is 1.87. The summed E-state index contributed by atoms with van der Waals surface area (Å²) in [6, 6.07) is 21.1. The van der Waals surface area contributed by atoms with Crippen molar-refractivity contribution in [3.05, 3.63) is 93.9 Å². The first-order chi connectivity index (χ1) is 13.8. The van der Waals surface area contributed by atoms with Crippen LogP contribution in [0.1, 0.15) is 5.56 Å². The number of hydrogen-bond acceptors (Lipinski definition) is 3. The lowest BCUT2D eigenvalue weighted by Crippen LogP contribution is -2.45. The first-order valence-corrected chi connectivity index (χ1v) is 11.4. The fourth-order valence-electron chi connectivity index (χ4n) is 2.69. The lowest BCUT2D eigenvalue weighted by atomic mass is 10.1. The molecule has 0 aromatic heterocycles. The van der Waals surface area contributed by atoms with Gasteiger partial charge in [0.15, 0.2) is 0 Å². The number of sulfonamides is 1. The zero-order chi connectivity index (χ0) is 20.9. The Morgan fingerprint density at radius 3 is 2.21 bits per heavy atom. The molecule has 2 N–H and O–H groups in total. The molecule has 3 aromatic carbocycles. The Bertz CT molecular complexity index is 1090. The fourth-order valence-corrected chi connectivity index (χ4v) is 4.39. The number of benzene rings is 3. The summed E-state index contributed by atoms with van der Waals surface area (Å²) >= 11 is 9.23. The molecule has 0 fully saturated rings. The summed E-state index contributed by atoms with van der Waals surface area (Å²) < 4.78 is 28.9. The van der Waals surface area contributed by atoms with Crippen LogP contribution in [0.15, 0.2) is 88.2 Å². The predicted molar refractivity (Wildman–Crippen MR) is 118 cm³/mol. The molecular weight excluding hydrogens is 476 g/mol. The third-order valence-corrected chi connectivity index (χ3v) is 6.58. The third-order valence-electron chi connectivity index (χ3n) is 4.15. The molecule has 0 heterocycles. The smallest absolute Gasteiger partial charge is 0.242 e. The van der Waals surface area contributed by atoms with E-state index in [4.69, 9.17) is 11.6 Å². The summed E-state index contributed by atoms with van der Waals surface area (Å²) in [5.74, 6) is -0.460. The van der Waals surface area contributed by atoms with Crippen molar-refractivity contribution in [3.8, 4) is 0 Å². The quantitative estimate of drug-likeness (QED) is 0.504. The number of carbonyl (C=O) groups excluding carboxylic acids is 1. The van der Waals surface area contributed by atoms with E-state index in [-0.39, 0.29) is 11.3 Å². The molecule has 1 unspecified atom stereocenters. The van der Waals surface area contributed by atoms with E-state index in [0.29, 0.717) is 15.2 Å². The second kappa shape index (κ2) is 9.54. The number of anilines is 1. The third kappa shape index (κ3) is 5.90. The monoisotopic (exact) mass is 492 g/mol. The highest BCUT2D eigenvalue weighted by Gasteiger charge is 2.26. The maximum atomic E-state index is 13.0. The van der Waals surface area contributed by atoms with Crippen molar-refractivity contribution in [2.24, 2.45) is 0 Å². The number of halogens is 2. The number of para-hydroxylation sites is 1. The van der Waals surface area contributed by atoms with Gasteiger partial charge in [0.25, 0.3) is 0 Å². The average molecular weight is 494 g/mol. The van der Waals surface area contributed by atoms with Crippen molar-refractivity contribution < 1.29 is 13.2 Å². The Hall–Kier alpha value is -2.19. The molecule has 150 valence electrons. The van der Waals surface area contributed by atoms with Crippen LogP contribution in [0.4, 0.5) is 5.69 Å². The summed E-state index contributed by atoms with van der Waals surface area (Å²) in [5.41, 5.74) is 1.39. The number of amides is 1. The molecule has 5 nitrogen and oxygen atoms in total. The molecular formula is C21H18BrClN2O3S. The molecule has 1 amide bonds. The topological polar surface area (TPSA) is 75.3 Å². The van der Waals surface area contributed by atoms with Crippen LogP contribution in [0.2, 0.25) is 5.02 Å². The molecule has 0 saturated heterocycles. The van der Waals surface area contributed by atoms with Gasteiger partial charge < -0.3 is 5.32 Å². The Kier molecular flexibility index (Phi) is 7.08. The van der Waals surface area contributed by atoms with E-state index in [1.807, 2.05) is 36.4 Å². The standard InChI is InChI=1S/C21H18BrClN2O3S/c22-18-8-4-5-9-19(18)24-21(26)20(14-15-6-2-1-3-7-15)25-29(27,28)17-12-10-16(23)11-13-17/h1-13,20,25H,14H2,(H,24,26). The molecule has 29 heavy (non-hydrogen) atoms. The molecule has 0 spiro atoms.